The molecule has 1 aromatic heterocycles. The van der Waals surface area contributed by atoms with Crippen molar-refractivity contribution in [3.05, 3.63) is 53.1 Å². The van der Waals surface area contributed by atoms with Gasteiger partial charge in [-0.15, -0.1) is 0 Å². The Hall–Kier alpha value is -2.40. The molecule has 0 unspecified atom stereocenters. The number of ether oxygens (including phenoxy) is 1. The van der Waals surface area contributed by atoms with Crippen molar-refractivity contribution in [3.63, 3.8) is 0 Å². The minimum Gasteiger partial charge on any atom is -0.494 e. The van der Waals surface area contributed by atoms with E-state index in [0.717, 1.165) is 27.1 Å². The fourth-order valence-electron chi connectivity index (χ4n) is 2.45. The number of fused-ring (bicyclic) bond motifs is 1. The third kappa shape index (κ3) is 3.35. The second kappa shape index (κ2) is 6.38. The molecule has 0 atom stereocenters. The zero-order chi connectivity index (χ0) is 16.4. The molecule has 0 radical (unpaired) electrons. The first-order valence-electron chi connectivity index (χ1n) is 7.49. The average molecular weight is 326 g/mol. The second-order valence-corrected chi connectivity index (χ2v) is 6.38. The molecule has 3 rings (SSSR count). The van der Waals surface area contributed by atoms with Gasteiger partial charge in [-0.3, -0.25) is 10.1 Å². The minimum absolute atomic E-state index is 0.133. The van der Waals surface area contributed by atoms with E-state index < -0.39 is 0 Å². The summed E-state index contributed by atoms with van der Waals surface area (Å²) in [6, 6.07) is 11.5. The Kier molecular flexibility index (Phi) is 4.30. The predicted molar refractivity (Wildman–Crippen MR) is 94.7 cm³/mol. The summed E-state index contributed by atoms with van der Waals surface area (Å²) in [5.74, 6) is 0.683. The SMILES string of the molecule is CCOc1ccc2nc(NC(=O)c3ccc(C)cc3C)sc2c1. The quantitative estimate of drug-likeness (QED) is 0.764. The summed E-state index contributed by atoms with van der Waals surface area (Å²) in [7, 11) is 0. The Morgan fingerprint density at radius 3 is 2.78 bits per heavy atom. The maximum atomic E-state index is 12.4. The number of thiazole rings is 1. The summed E-state index contributed by atoms with van der Waals surface area (Å²) >= 11 is 1.45. The molecule has 2 aromatic carbocycles. The van der Waals surface area contributed by atoms with Gasteiger partial charge in [0.05, 0.1) is 16.8 Å². The third-order valence-electron chi connectivity index (χ3n) is 3.52. The Labute approximate surface area is 139 Å². The molecule has 0 saturated carbocycles. The van der Waals surface area contributed by atoms with Crippen LogP contribution in [0.1, 0.15) is 28.4 Å². The highest BCUT2D eigenvalue weighted by molar-refractivity contribution is 7.22. The van der Waals surface area contributed by atoms with Gasteiger partial charge in [-0.2, -0.15) is 0 Å². The predicted octanol–water partition coefficient (Wildman–Crippen LogP) is 4.56. The molecule has 0 aliphatic carbocycles. The first-order chi connectivity index (χ1) is 11.1. The molecule has 23 heavy (non-hydrogen) atoms. The first kappa shape index (κ1) is 15.5. The fraction of sp³-hybridized carbons (Fsp3) is 0.222. The topological polar surface area (TPSA) is 51.2 Å². The van der Waals surface area contributed by atoms with Crippen LogP contribution >= 0.6 is 11.3 Å². The third-order valence-corrected chi connectivity index (χ3v) is 4.45. The lowest BCUT2D eigenvalue weighted by molar-refractivity contribution is 0.102. The Balaban J connectivity index is 1.84. The Morgan fingerprint density at radius 2 is 2.04 bits per heavy atom. The van der Waals surface area contributed by atoms with Crippen LogP contribution in [0.5, 0.6) is 5.75 Å². The van der Waals surface area contributed by atoms with E-state index in [2.05, 4.69) is 10.3 Å². The second-order valence-electron chi connectivity index (χ2n) is 5.35. The van der Waals surface area contributed by atoms with Crippen LogP contribution in [-0.2, 0) is 0 Å². The minimum atomic E-state index is -0.133. The largest absolute Gasteiger partial charge is 0.494 e. The number of aromatic nitrogens is 1. The number of carbonyl (C=O) groups excluding carboxylic acids is 1. The van der Waals surface area contributed by atoms with Crippen molar-refractivity contribution < 1.29 is 9.53 Å². The molecule has 1 heterocycles. The molecule has 5 heteroatoms. The van der Waals surface area contributed by atoms with E-state index in [1.807, 2.05) is 57.2 Å². The molecule has 3 aromatic rings. The Bertz CT molecular complexity index is 871. The van der Waals surface area contributed by atoms with Crippen molar-refractivity contribution in [1.29, 1.82) is 0 Å². The van der Waals surface area contributed by atoms with E-state index in [4.69, 9.17) is 4.74 Å². The van der Waals surface area contributed by atoms with Gasteiger partial charge >= 0.3 is 0 Å². The van der Waals surface area contributed by atoms with Crippen LogP contribution in [0.4, 0.5) is 5.13 Å². The van der Waals surface area contributed by atoms with Crippen molar-refractivity contribution in [1.82, 2.24) is 4.98 Å². The summed E-state index contributed by atoms with van der Waals surface area (Å²) in [6.45, 7) is 6.53. The summed E-state index contributed by atoms with van der Waals surface area (Å²) < 4.78 is 6.48. The highest BCUT2D eigenvalue weighted by Crippen LogP contribution is 2.29. The van der Waals surface area contributed by atoms with Gasteiger partial charge in [0.15, 0.2) is 5.13 Å². The van der Waals surface area contributed by atoms with Crippen LogP contribution < -0.4 is 10.1 Å². The number of hydrogen-bond donors (Lipinski definition) is 1. The van der Waals surface area contributed by atoms with Gasteiger partial charge < -0.3 is 4.74 Å². The highest BCUT2D eigenvalue weighted by atomic mass is 32.1. The number of amides is 1. The fourth-order valence-corrected chi connectivity index (χ4v) is 3.34. The summed E-state index contributed by atoms with van der Waals surface area (Å²) in [5.41, 5.74) is 3.63. The number of anilines is 1. The number of benzene rings is 2. The lowest BCUT2D eigenvalue weighted by atomic mass is 10.1. The normalized spacial score (nSPS) is 10.7. The average Bonchev–Trinajstić information content (AvgIpc) is 2.88. The maximum Gasteiger partial charge on any atom is 0.257 e. The summed E-state index contributed by atoms with van der Waals surface area (Å²) in [4.78, 5) is 16.9. The van der Waals surface area contributed by atoms with Crippen LogP contribution in [0.25, 0.3) is 10.2 Å². The van der Waals surface area contributed by atoms with E-state index in [-0.39, 0.29) is 5.91 Å². The molecule has 0 bridgehead atoms. The van der Waals surface area contributed by atoms with E-state index >= 15 is 0 Å². The zero-order valence-electron chi connectivity index (χ0n) is 13.3. The van der Waals surface area contributed by atoms with Crippen LogP contribution in [0.3, 0.4) is 0 Å². The van der Waals surface area contributed by atoms with E-state index in [0.29, 0.717) is 17.3 Å². The molecular weight excluding hydrogens is 308 g/mol. The van der Waals surface area contributed by atoms with Gasteiger partial charge in [-0.05, 0) is 50.6 Å². The number of carbonyl (C=O) groups is 1. The Morgan fingerprint density at radius 1 is 1.22 bits per heavy atom. The number of hydrogen-bond acceptors (Lipinski definition) is 4. The number of aryl methyl sites for hydroxylation is 2. The standard InChI is InChI=1S/C18H18N2O2S/c1-4-22-13-6-8-15-16(10-13)23-18(19-15)20-17(21)14-7-5-11(2)9-12(14)3/h5-10H,4H2,1-3H3,(H,19,20,21). The summed E-state index contributed by atoms with van der Waals surface area (Å²) in [5, 5.41) is 3.48. The van der Waals surface area contributed by atoms with Gasteiger partial charge in [0.1, 0.15) is 5.75 Å². The maximum absolute atomic E-state index is 12.4. The van der Waals surface area contributed by atoms with E-state index in [9.17, 15) is 4.79 Å². The number of rotatable bonds is 4. The van der Waals surface area contributed by atoms with Gasteiger partial charge in [0, 0.05) is 5.56 Å². The van der Waals surface area contributed by atoms with Gasteiger partial charge in [-0.1, -0.05) is 29.0 Å². The lowest BCUT2D eigenvalue weighted by Gasteiger charge is -2.06. The lowest BCUT2D eigenvalue weighted by Crippen LogP contribution is -2.13. The van der Waals surface area contributed by atoms with Crippen molar-refractivity contribution in [2.75, 3.05) is 11.9 Å². The van der Waals surface area contributed by atoms with Crippen molar-refractivity contribution in [2.24, 2.45) is 0 Å². The van der Waals surface area contributed by atoms with Crippen molar-refractivity contribution in [3.8, 4) is 5.75 Å². The van der Waals surface area contributed by atoms with Crippen LogP contribution in [0, 0.1) is 13.8 Å². The smallest absolute Gasteiger partial charge is 0.257 e. The molecular formula is C18H18N2O2S. The van der Waals surface area contributed by atoms with Crippen LogP contribution in [-0.4, -0.2) is 17.5 Å². The number of nitrogens with zero attached hydrogens (tertiary/aromatic N) is 1. The first-order valence-corrected chi connectivity index (χ1v) is 8.30. The zero-order valence-corrected chi connectivity index (χ0v) is 14.2. The monoisotopic (exact) mass is 326 g/mol. The molecule has 0 fully saturated rings. The van der Waals surface area contributed by atoms with E-state index in [1.165, 1.54) is 11.3 Å². The van der Waals surface area contributed by atoms with Crippen LogP contribution in [0.15, 0.2) is 36.4 Å². The molecule has 4 nitrogen and oxygen atoms in total. The molecule has 1 amide bonds. The molecule has 0 saturated heterocycles. The van der Waals surface area contributed by atoms with Crippen molar-refractivity contribution >= 4 is 32.6 Å². The molecule has 118 valence electrons. The van der Waals surface area contributed by atoms with Gasteiger partial charge in [0.25, 0.3) is 5.91 Å². The summed E-state index contributed by atoms with van der Waals surface area (Å²) in [6.07, 6.45) is 0. The van der Waals surface area contributed by atoms with Gasteiger partial charge in [0.2, 0.25) is 0 Å². The van der Waals surface area contributed by atoms with Crippen molar-refractivity contribution in [2.45, 2.75) is 20.8 Å². The van der Waals surface area contributed by atoms with E-state index in [1.54, 1.807) is 0 Å². The van der Waals surface area contributed by atoms with Crippen LogP contribution in [0.2, 0.25) is 0 Å². The molecule has 0 aliphatic rings. The molecule has 0 aliphatic heterocycles. The number of nitrogens with one attached hydrogen (secondary N) is 1. The molecule has 0 spiro atoms. The van der Waals surface area contributed by atoms with Gasteiger partial charge in [-0.25, -0.2) is 4.98 Å². The molecule has 1 N–H and O–H groups in total. The highest BCUT2D eigenvalue weighted by Gasteiger charge is 2.12.